The molecule has 0 bridgehead atoms. The molecule has 2 heterocycles. The summed E-state index contributed by atoms with van der Waals surface area (Å²) in [4.78, 5) is 15.9. The molecule has 0 amide bonds. The van der Waals surface area contributed by atoms with Crippen LogP contribution in [0.5, 0.6) is 0 Å². The van der Waals surface area contributed by atoms with Gasteiger partial charge in [-0.05, 0) is 45.6 Å². The van der Waals surface area contributed by atoms with Crippen LogP contribution in [0.25, 0.3) is 0 Å². The van der Waals surface area contributed by atoms with E-state index in [1.165, 1.54) is 6.07 Å². The van der Waals surface area contributed by atoms with Crippen molar-refractivity contribution in [2.75, 3.05) is 11.4 Å². The molecule has 0 radical (unpaired) electrons. The topological polar surface area (TPSA) is 36.1 Å². The van der Waals surface area contributed by atoms with E-state index < -0.39 is 0 Å². The SMILES string of the molecule is O=c1cc2c(c[nH]1)CN(c1cc(Cl)c(Br)cc1F)CC2. The molecule has 0 atom stereocenters. The van der Waals surface area contributed by atoms with Crippen LogP contribution in [-0.4, -0.2) is 11.5 Å². The number of aromatic nitrogens is 1. The van der Waals surface area contributed by atoms with Gasteiger partial charge in [-0.25, -0.2) is 4.39 Å². The monoisotopic (exact) mass is 356 g/mol. The van der Waals surface area contributed by atoms with Crippen LogP contribution < -0.4 is 10.5 Å². The van der Waals surface area contributed by atoms with E-state index in [0.717, 1.165) is 11.1 Å². The van der Waals surface area contributed by atoms with Gasteiger partial charge in [0.1, 0.15) is 5.82 Å². The number of hydrogen-bond donors (Lipinski definition) is 1. The number of halogens is 3. The predicted molar refractivity (Wildman–Crippen MR) is 80.9 cm³/mol. The van der Waals surface area contributed by atoms with E-state index >= 15 is 0 Å². The zero-order valence-electron chi connectivity index (χ0n) is 10.4. The molecular weight excluding hydrogens is 347 g/mol. The van der Waals surface area contributed by atoms with Gasteiger partial charge in [0.05, 0.1) is 10.7 Å². The third-order valence-corrected chi connectivity index (χ3v) is 4.65. The van der Waals surface area contributed by atoms with Gasteiger partial charge in [-0.1, -0.05) is 11.6 Å². The maximum atomic E-state index is 14.1. The molecule has 1 N–H and O–H groups in total. The van der Waals surface area contributed by atoms with E-state index in [-0.39, 0.29) is 11.4 Å². The number of aromatic amines is 1. The number of H-pyrrole nitrogens is 1. The number of anilines is 1. The lowest BCUT2D eigenvalue weighted by atomic mass is 10.0. The molecule has 20 heavy (non-hydrogen) atoms. The zero-order chi connectivity index (χ0) is 14.3. The number of nitrogens with one attached hydrogen (secondary N) is 1. The molecule has 1 aliphatic rings. The number of rotatable bonds is 1. The van der Waals surface area contributed by atoms with Crippen molar-refractivity contribution in [3.8, 4) is 0 Å². The first-order valence-electron chi connectivity index (χ1n) is 6.14. The van der Waals surface area contributed by atoms with Gasteiger partial charge in [-0.15, -0.1) is 0 Å². The number of nitrogens with zero attached hydrogens (tertiary/aromatic N) is 1. The normalized spacial score (nSPS) is 14.2. The Labute approximate surface area is 128 Å². The first-order valence-corrected chi connectivity index (χ1v) is 7.31. The lowest BCUT2D eigenvalue weighted by Gasteiger charge is -2.30. The summed E-state index contributed by atoms with van der Waals surface area (Å²) < 4.78 is 14.6. The quantitative estimate of drug-likeness (QED) is 0.793. The Bertz CT molecular complexity index is 732. The van der Waals surface area contributed by atoms with Gasteiger partial charge in [0, 0.05) is 29.8 Å². The Morgan fingerprint density at radius 3 is 2.90 bits per heavy atom. The van der Waals surface area contributed by atoms with Gasteiger partial charge >= 0.3 is 0 Å². The highest BCUT2D eigenvalue weighted by molar-refractivity contribution is 9.10. The fraction of sp³-hybridized carbons (Fsp3) is 0.214. The summed E-state index contributed by atoms with van der Waals surface area (Å²) >= 11 is 9.25. The summed E-state index contributed by atoms with van der Waals surface area (Å²) in [7, 11) is 0. The fourth-order valence-electron chi connectivity index (χ4n) is 2.42. The summed E-state index contributed by atoms with van der Waals surface area (Å²) in [5.41, 5.74) is 2.41. The minimum absolute atomic E-state index is 0.102. The molecule has 104 valence electrons. The van der Waals surface area contributed by atoms with Crippen molar-refractivity contribution < 1.29 is 4.39 Å². The lowest BCUT2D eigenvalue weighted by Crippen LogP contribution is -2.32. The second-order valence-electron chi connectivity index (χ2n) is 4.74. The number of pyridine rings is 1. The zero-order valence-corrected chi connectivity index (χ0v) is 12.8. The Kier molecular flexibility index (Phi) is 3.56. The summed E-state index contributed by atoms with van der Waals surface area (Å²) in [6, 6.07) is 4.61. The minimum atomic E-state index is -0.311. The third-order valence-electron chi connectivity index (χ3n) is 3.45. The molecule has 0 spiro atoms. The molecule has 0 aliphatic carbocycles. The van der Waals surface area contributed by atoms with Crippen molar-refractivity contribution in [3.63, 3.8) is 0 Å². The standard InChI is InChI=1S/C14H11BrClFN2O/c15-10-4-12(17)13(5-11(10)16)19-2-1-8-3-14(20)18-6-9(8)7-19/h3-6H,1-2,7H2,(H,18,20). The maximum Gasteiger partial charge on any atom is 0.248 e. The van der Waals surface area contributed by atoms with Crippen LogP contribution in [0.1, 0.15) is 11.1 Å². The smallest absolute Gasteiger partial charge is 0.248 e. The van der Waals surface area contributed by atoms with Crippen LogP contribution in [0.2, 0.25) is 5.02 Å². The molecule has 0 saturated heterocycles. The molecule has 3 rings (SSSR count). The average Bonchev–Trinajstić information content (AvgIpc) is 2.42. The number of hydrogen-bond acceptors (Lipinski definition) is 2. The van der Waals surface area contributed by atoms with Crippen LogP contribution in [0.4, 0.5) is 10.1 Å². The highest BCUT2D eigenvalue weighted by atomic mass is 79.9. The molecule has 0 saturated carbocycles. The fourth-order valence-corrected chi connectivity index (χ4v) is 2.90. The molecule has 1 aromatic heterocycles. The Morgan fingerprint density at radius 1 is 1.30 bits per heavy atom. The summed E-state index contributed by atoms with van der Waals surface area (Å²) in [6.07, 6.45) is 2.41. The van der Waals surface area contributed by atoms with Gasteiger partial charge in [0.2, 0.25) is 5.56 Å². The molecule has 1 aromatic carbocycles. The third kappa shape index (κ3) is 2.47. The average molecular weight is 358 g/mol. The van der Waals surface area contributed by atoms with Gasteiger partial charge in [0.15, 0.2) is 0 Å². The maximum absolute atomic E-state index is 14.1. The number of fused-ring (bicyclic) bond motifs is 1. The van der Waals surface area contributed by atoms with Crippen molar-refractivity contribution in [1.82, 2.24) is 4.98 Å². The molecule has 3 nitrogen and oxygen atoms in total. The van der Waals surface area contributed by atoms with Crippen molar-refractivity contribution in [1.29, 1.82) is 0 Å². The minimum Gasteiger partial charge on any atom is -0.364 e. The van der Waals surface area contributed by atoms with E-state index in [2.05, 4.69) is 20.9 Å². The van der Waals surface area contributed by atoms with Crippen LogP contribution in [0, 0.1) is 5.82 Å². The highest BCUT2D eigenvalue weighted by Crippen LogP contribution is 2.32. The van der Waals surface area contributed by atoms with Crippen molar-refractivity contribution in [3.05, 3.63) is 61.2 Å². The molecule has 0 fully saturated rings. The Hall–Kier alpha value is -1.33. The molecule has 0 unspecified atom stereocenters. The summed E-state index contributed by atoms with van der Waals surface area (Å²) in [5.74, 6) is -0.311. The Morgan fingerprint density at radius 2 is 2.10 bits per heavy atom. The predicted octanol–water partition coefficient (Wildman–Crippen LogP) is 3.49. The summed E-state index contributed by atoms with van der Waals surface area (Å²) in [5, 5.41) is 0.480. The van der Waals surface area contributed by atoms with Crippen LogP contribution in [-0.2, 0) is 13.0 Å². The lowest BCUT2D eigenvalue weighted by molar-refractivity contribution is 0.609. The van der Waals surface area contributed by atoms with Crippen LogP contribution in [0.3, 0.4) is 0 Å². The summed E-state index contributed by atoms with van der Waals surface area (Å²) in [6.45, 7) is 1.21. The van der Waals surface area contributed by atoms with Gasteiger partial charge in [-0.3, -0.25) is 4.79 Å². The van der Waals surface area contributed by atoms with Gasteiger partial charge < -0.3 is 9.88 Å². The van der Waals surface area contributed by atoms with Crippen LogP contribution >= 0.6 is 27.5 Å². The molecule has 1 aliphatic heterocycles. The first kappa shape index (κ1) is 13.6. The largest absolute Gasteiger partial charge is 0.364 e. The van der Waals surface area contributed by atoms with E-state index in [1.54, 1.807) is 18.3 Å². The highest BCUT2D eigenvalue weighted by Gasteiger charge is 2.20. The molecule has 2 aromatic rings. The van der Waals surface area contributed by atoms with Crippen LogP contribution in [0.15, 0.2) is 33.7 Å². The second kappa shape index (κ2) is 5.22. The van der Waals surface area contributed by atoms with E-state index in [0.29, 0.717) is 34.7 Å². The number of benzene rings is 1. The van der Waals surface area contributed by atoms with E-state index in [9.17, 15) is 9.18 Å². The van der Waals surface area contributed by atoms with E-state index in [1.807, 2.05) is 4.90 Å². The van der Waals surface area contributed by atoms with Crippen molar-refractivity contribution in [2.24, 2.45) is 0 Å². The van der Waals surface area contributed by atoms with Gasteiger partial charge in [-0.2, -0.15) is 0 Å². The molecular formula is C14H11BrClFN2O. The van der Waals surface area contributed by atoms with Gasteiger partial charge in [0.25, 0.3) is 0 Å². The van der Waals surface area contributed by atoms with E-state index in [4.69, 9.17) is 11.6 Å². The molecule has 6 heteroatoms. The Balaban J connectivity index is 1.96. The second-order valence-corrected chi connectivity index (χ2v) is 6.00. The first-order chi connectivity index (χ1) is 9.54. The van der Waals surface area contributed by atoms with Crippen molar-refractivity contribution >= 4 is 33.2 Å². The van der Waals surface area contributed by atoms with Crippen molar-refractivity contribution in [2.45, 2.75) is 13.0 Å².